The molecule has 0 aliphatic heterocycles. The minimum absolute atomic E-state index is 0.0475. The van der Waals surface area contributed by atoms with Gasteiger partial charge in [0.05, 0.1) is 0 Å². The maximum Gasteiger partial charge on any atom is 0.349 e. The predicted molar refractivity (Wildman–Crippen MR) is 105 cm³/mol. The highest BCUT2D eigenvalue weighted by Crippen LogP contribution is 2.30. The topological polar surface area (TPSA) is 94.0 Å². The molecule has 0 spiro atoms. The summed E-state index contributed by atoms with van der Waals surface area (Å²) in [5.41, 5.74) is 12.7. The minimum atomic E-state index is -3.64. The van der Waals surface area contributed by atoms with Gasteiger partial charge in [-0.3, -0.25) is 4.79 Å². The smallest absolute Gasteiger partial charge is 0.349 e. The molecular formula is C21H20F2N4O. The number of anilines is 2. The molecule has 2 aromatic carbocycles. The van der Waals surface area contributed by atoms with Crippen molar-refractivity contribution >= 4 is 17.5 Å². The second-order valence-electron chi connectivity index (χ2n) is 6.36. The van der Waals surface area contributed by atoms with Gasteiger partial charge in [-0.25, -0.2) is 4.98 Å². The molecular weight excluding hydrogens is 362 g/mol. The van der Waals surface area contributed by atoms with E-state index in [4.69, 9.17) is 11.5 Å². The number of hydrogen-bond acceptors (Lipinski definition) is 4. The van der Waals surface area contributed by atoms with E-state index < -0.39 is 17.7 Å². The fourth-order valence-corrected chi connectivity index (χ4v) is 3.00. The maximum absolute atomic E-state index is 14.5. The van der Waals surface area contributed by atoms with Gasteiger partial charge in [0, 0.05) is 18.0 Å². The van der Waals surface area contributed by atoms with E-state index in [2.05, 4.69) is 10.3 Å². The number of nitrogens with two attached hydrogens (primary N) is 2. The van der Waals surface area contributed by atoms with Crippen LogP contribution in [0.25, 0.3) is 0 Å². The zero-order chi connectivity index (χ0) is 20.1. The summed E-state index contributed by atoms with van der Waals surface area (Å²) in [4.78, 5) is 16.2. The van der Waals surface area contributed by atoms with E-state index in [0.717, 1.165) is 5.56 Å². The van der Waals surface area contributed by atoms with Crippen LogP contribution in [0.3, 0.4) is 0 Å². The molecule has 1 amide bonds. The predicted octanol–water partition coefficient (Wildman–Crippen LogP) is 3.29. The Kier molecular flexibility index (Phi) is 5.54. The van der Waals surface area contributed by atoms with Gasteiger partial charge in [0.25, 0.3) is 5.91 Å². The van der Waals surface area contributed by atoms with Crippen LogP contribution in [0.2, 0.25) is 0 Å². The van der Waals surface area contributed by atoms with Crippen molar-refractivity contribution in [3.63, 3.8) is 0 Å². The summed E-state index contributed by atoms with van der Waals surface area (Å²) in [5, 5.41) is 2.37. The van der Waals surface area contributed by atoms with Crippen LogP contribution in [-0.2, 0) is 10.7 Å². The Morgan fingerprint density at radius 1 is 0.929 bits per heavy atom. The SMILES string of the molecule is Nc1cc([C@H](CNC(=O)C(F)(F)c2ccccc2)c2ccccc2)cc(N)n1. The molecule has 0 saturated carbocycles. The lowest BCUT2D eigenvalue weighted by Gasteiger charge is -2.22. The standard InChI is InChI=1S/C21H20F2N4O/c22-21(23,16-9-5-2-6-10-16)20(28)26-13-17(14-7-3-1-4-8-14)15-11-18(24)27-19(25)12-15/h1-12,17H,13H2,(H,26,28)(H4,24,25,27)/t17-/m1/s1. The van der Waals surface area contributed by atoms with Crippen LogP contribution in [0.1, 0.15) is 22.6 Å². The second kappa shape index (κ2) is 8.04. The zero-order valence-electron chi connectivity index (χ0n) is 15.0. The van der Waals surface area contributed by atoms with E-state index in [-0.39, 0.29) is 23.7 Å². The molecule has 1 heterocycles. The van der Waals surface area contributed by atoms with E-state index in [9.17, 15) is 13.6 Å². The summed E-state index contributed by atoms with van der Waals surface area (Å²) in [6, 6.07) is 19.4. The highest BCUT2D eigenvalue weighted by Gasteiger charge is 2.40. The van der Waals surface area contributed by atoms with E-state index in [1.165, 1.54) is 24.3 Å². The van der Waals surface area contributed by atoms with Crippen LogP contribution in [0.15, 0.2) is 72.8 Å². The van der Waals surface area contributed by atoms with Crippen molar-refractivity contribution in [3.8, 4) is 0 Å². The first kappa shape index (κ1) is 19.3. The molecule has 1 aromatic heterocycles. The Morgan fingerprint density at radius 3 is 2.04 bits per heavy atom. The third-order valence-electron chi connectivity index (χ3n) is 4.38. The third kappa shape index (κ3) is 4.25. The number of rotatable bonds is 6. The monoisotopic (exact) mass is 382 g/mol. The molecule has 28 heavy (non-hydrogen) atoms. The number of carbonyl (C=O) groups is 1. The number of alkyl halides is 2. The number of nitrogens with one attached hydrogen (secondary N) is 1. The van der Waals surface area contributed by atoms with Gasteiger partial charge >= 0.3 is 5.92 Å². The average molecular weight is 382 g/mol. The highest BCUT2D eigenvalue weighted by atomic mass is 19.3. The third-order valence-corrected chi connectivity index (χ3v) is 4.38. The van der Waals surface area contributed by atoms with Crippen LogP contribution in [0, 0.1) is 0 Å². The van der Waals surface area contributed by atoms with Gasteiger partial charge in [-0.05, 0) is 23.3 Å². The maximum atomic E-state index is 14.5. The Bertz CT molecular complexity index is 929. The van der Waals surface area contributed by atoms with Gasteiger partial charge in [0.2, 0.25) is 0 Å². The first-order valence-electron chi connectivity index (χ1n) is 8.67. The molecule has 3 aromatic rings. The molecule has 7 heteroatoms. The number of benzene rings is 2. The summed E-state index contributed by atoms with van der Waals surface area (Å²) in [6.45, 7) is -0.0475. The molecule has 1 atom stereocenters. The quantitative estimate of drug-likeness (QED) is 0.610. The van der Waals surface area contributed by atoms with Crippen molar-refractivity contribution in [1.29, 1.82) is 0 Å². The number of pyridine rings is 1. The molecule has 5 N–H and O–H groups in total. The van der Waals surface area contributed by atoms with Gasteiger partial charge < -0.3 is 16.8 Å². The zero-order valence-corrected chi connectivity index (χ0v) is 15.0. The first-order chi connectivity index (χ1) is 13.4. The van der Waals surface area contributed by atoms with Crippen molar-refractivity contribution in [1.82, 2.24) is 10.3 Å². The molecule has 144 valence electrons. The Hall–Kier alpha value is -3.48. The minimum Gasteiger partial charge on any atom is -0.384 e. The van der Waals surface area contributed by atoms with Crippen LogP contribution < -0.4 is 16.8 Å². The van der Waals surface area contributed by atoms with Crippen LogP contribution in [0.4, 0.5) is 20.4 Å². The van der Waals surface area contributed by atoms with Crippen molar-refractivity contribution in [2.45, 2.75) is 11.8 Å². The van der Waals surface area contributed by atoms with E-state index >= 15 is 0 Å². The summed E-state index contributed by atoms with van der Waals surface area (Å²) < 4.78 is 28.9. The number of aromatic nitrogens is 1. The van der Waals surface area contributed by atoms with E-state index in [0.29, 0.717) is 5.56 Å². The van der Waals surface area contributed by atoms with E-state index in [1.807, 2.05) is 30.3 Å². The Morgan fingerprint density at radius 2 is 1.46 bits per heavy atom. The summed E-state index contributed by atoms with van der Waals surface area (Å²) in [7, 11) is 0. The molecule has 0 radical (unpaired) electrons. The molecule has 5 nitrogen and oxygen atoms in total. The first-order valence-corrected chi connectivity index (χ1v) is 8.67. The fraction of sp³-hybridized carbons (Fsp3) is 0.143. The molecule has 0 fully saturated rings. The number of halogens is 2. The number of hydrogen-bond donors (Lipinski definition) is 3. The second-order valence-corrected chi connectivity index (χ2v) is 6.36. The normalized spacial score (nSPS) is 12.4. The highest BCUT2D eigenvalue weighted by molar-refractivity contribution is 5.84. The van der Waals surface area contributed by atoms with Gasteiger partial charge in [0.1, 0.15) is 11.6 Å². The van der Waals surface area contributed by atoms with Crippen molar-refractivity contribution in [3.05, 3.63) is 89.5 Å². The van der Waals surface area contributed by atoms with Gasteiger partial charge in [-0.1, -0.05) is 60.7 Å². The van der Waals surface area contributed by atoms with Crippen LogP contribution in [0.5, 0.6) is 0 Å². The van der Waals surface area contributed by atoms with Gasteiger partial charge in [-0.2, -0.15) is 8.78 Å². The van der Waals surface area contributed by atoms with E-state index in [1.54, 1.807) is 18.2 Å². The molecule has 3 rings (SSSR count). The van der Waals surface area contributed by atoms with Crippen LogP contribution >= 0.6 is 0 Å². The van der Waals surface area contributed by atoms with Crippen LogP contribution in [-0.4, -0.2) is 17.4 Å². The molecule has 0 unspecified atom stereocenters. The number of amides is 1. The number of nitrogens with zero attached hydrogens (tertiary/aromatic N) is 1. The summed E-state index contributed by atoms with van der Waals surface area (Å²) in [6.07, 6.45) is 0. The lowest BCUT2D eigenvalue weighted by atomic mass is 9.91. The average Bonchev–Trinajstić information content (AvgIpc) is 2.69. The Labute approximate surface area is 161 Å². The summed E-state index contributed by atoms with van der Waals surface area (Å²) in [5.74, 6) is -4.98. The fourth-order valence-electron chi connectivity index (χ4n) is 3.00. The number of carbonyl (C=O) groups excluding carboxylic acids is 1. The molecule has 0 aliphatic carbocycles. The molecule has 0 saturated heterocycles. The van der Waals surface area contributed by atoms with Crippen molar-refractivity contribution < 1.29 is 13.6 Å². The molecule has 0 bridgehead atoms. The summed E-state index contributed by atoms with van der Waals surface area (Å²) >= 11 is 0. The largest absolute Gasteiger partial charge is 0.384 e. The number of nitrogen functional groups attached to an aromatic ring is 2. The Balaban J connectivity index is 1.85. The van der Waals surface area contributed by atoms with Gasteiger partial charge in [-0.15, -0.1) is 0 Å². The lowest BCUT2D eigenvalue weighted by molar-refractivity contribution is -0.147. The van der Waals surface area contributed by atoms with Crippen molar-refractivity contribution in [2.75, 3.05) is 18.0 Å². The van der Waals surface area contributed by atoms with Gasteiger partial charge in [0.15, 0.2) is 0 Å². The van der Waals surface area contributed by atoms with Crippen molar-refractivity contribution in [2.24, 2.45) is 0 Å². The lowest BCUT2D eigenvalue weighted by Crippen LogP contribution is -2.40. The molecule has 0 aliphatic rings.